The van der Waals surface area contributed by atoms with Crippen LogP contribution in [0.15, 0.2) is 48.5 Å². The molecule has 0 bridgehead atoms. The lowest BCUT2D eigenvalue weighted by atomic mass is 10.0. The molecule has 0 aliphatic heterocycles. The fourth-order valence-electron chi connectivity index (χ4n) is 1.98. The van der Waals surface area contributed by atoms with E-state index in [2.05, 4.69) is 5.32 Å². The van der Waals surface area contributed by atoms with Gasteiger partial charge in [-0.2, -0.15) is 0 Å². The minimum absolute atomic E-state index is 0.0410. The van der Waals surface area contributed by atoms with E-state index in [0.717, 1.165) is 23.4 Å². The van der Waals surface area contributed by atoms with E-state index < -0.39 is 0 Å². The summed E-state index contributed by atoms with van der Waals surface area (Å²) in [7, 11) is 3.96. The molecule has 2 aromatic carbocycles. The van der Waals surface area contributed by atoms with E-state index >= 15 is 0 Å². The highest BCUT2D eigenvalue weighted by atomic mass is 16.1. The van der Waals surface area contributed by atoms with Gasteiger partial charge in [0.25, 0.3) is 5.91 Å². The Labute approximate surface area is 125 Å². The Morgan fingerprint density at radius 3 is 2.05 bits per heavy atom. The Balaban J connectivity index is 2.01. The maximum atomic E-state index is 12.0. The summed E-state index contributed by atoms with van der Waals surface area (Å²) in [6.07, 6.45) is 0. The van der Waals surface area contributed by atoms with Gasteiger partial charge in [0.1, 0.15) is 0 Å². The monoisotopic (exact) mass is 283 g/mol. The Morgan fingerprint density at radius 2 is 1.52 bits per heavy atom. The van der Waals surface area contributed by atoms with E-state index in [9.17, 15) is 4.79 Å². The second kappa shape index (κ2) is 6.90. The zero-order valence-corrected chi connectivity index (χ0v) is 12.5. The quantitative estimate of drug-likeness (QED) is 0.827. The van der Waals surface area contributed by atoms with Crippen molar-refractivity contribution in [3.8, 4) is 11.1 Å². The summed E-state index contributed by atoms with van der Waals surface area (Å²) in [5, 5.41) is 2.90. The Bertz CT molecular complexity index is 588. The van der Waals surface area contributed by atoms with Crippen molar-refractivity contribution in [2.75, 3.05) is 32.9 Å². The first-order valence-electron chi connectivity index (χ1n) is 6.95. The van der Waals surface area contributed by atoms with E-state index in [1.807, 2.05) is 67.5 Å². The van der Waals surface area contributed by atoms with E-state index in [1.165, 1.54) is 0 Å². The Morgan fingerprint density at radius 1 is 1.00 bits per heavy atom. The number of anilines is 1. The van der Waals surface area contributed by atoms with Crippen LogP contribution in [0.2, 0.25) is 0 Å². The fourth-order valence-corrected chi connectivity index (χ4v) is 1.98. The highest BCUT2D eigenvalue weighted by molar-refractivity contribution is 5.94. The molecule has 4 nitrogen and oxygen atoms in total. The third kappa shape index (κ3) is 4.33. The van der Waals surface area contributed by atoms with Crippen LogP contribution in [0.5, 0.6) is 0 Å². The normalized spacial score (nSPS) is 10.6. The summed E-state index contributed by atoms with van der Waals surface area (Å²) in [6.45, 7) is 1.47. The Kier molecular flexibility index (Phi) is 4.95. The third-order valence-corrected chi connectivity index (χ3v) is 3.24. The number of nitrogens with zero attached hydrogens (tertiary/aromatic N) is 1. The molecule has 0 radical (unpaired) electrons. The number of carbonyl (C=O) groups is 1. The molecule has 0 spiro atoms. The molecule has 0 saturated carbocycles. The van der Waals surface area contributed by atoms with E-state index in [0.29, 0.717) is 12.1 Å². The average Bonchev–Trinajstić information content (AvgIpc) is 2.48. The van der Waals surface area contributed by atoms with E-state index in [-0.39, 0.29) is 5.91 Å². The van der Waals surface area contributed by atoms with Gasteiger partial charge in [-0.25, -0.2) is 0 Å². The van der Waals surface area contributed by atoms with E-state index in [1.54, 1.807) is 0 Å². The number of likely N-dealkylation sites (N-methyl/N-ethyl adjacent to an activating group) is 1. The van der Waals surface area contributed by atoms with Crippen LogP contribution in [-0.2, 0) is 0 Å². The number of hydrogen-bond acceptors (Lipinski definition) is 3. The summed E-state index contributed by atoms with van der Waals surface area (Å²) in [4.78, 5) is 14.0. The van der Waals surface area contributed by atoms with Crippen molar-refractivity contribution in [3.63, 3.8) is 0 Å². The smallest absolute Gasteiger partial charge is 0.251 e. The molecule has 0 heterocycles. The van der Waals surface area contributed by atoms with Crippen LogP contribution in [0, 0.1) is 0 Å². The van der Waals surface area contributed by atoms with Gasteiger partial charge >= 0.3 is 0 Å². The molecule has 110 valence electrons. The lowest BCUT2D eigenvalue weighted by Gasteiger charge is -2.10. The molecular weight excluding hydrogens is 262 g/mol. The second-order valence-corrected chi connectivity index (χ2v) is 5.26. The number of amides is 1. The number of rotatable bonds is 5. The lowest BCUT2D eigenvalue weighted by molar-refractivity contribution is 0.0951. The van der Waals surface area contributed by atoms with Crippen molar-refractivity contribution in [3.05, 3.63) is 54.1 Å². The molecule has 0 aliphatic rings. The van der Waals surface area contributed by atoms with Crippen molar-refractivity contribution in [1.29, 1.82) is 0 Å². The Hall–Kier alpha value is -2.33. The number of hydrogen-bond donors (Lipinski definition) is 2. The molecular formula is C17H21N3O. The van der Waals surface area contributed by atoms with E-state index in [4.69, 9.17) is 5.73 Å². The van der Waals surface area contributed by atoms with Crippen LogP contribution in [0.3, 0.4) is 0 Å². The molecule has 0 aliphatic carbocycles. The van der Waals surface area contributed by atoms with Gasteiger partial charge in [0.15, 0.2) is 0 Å². The van der Waals surface area contributed by atoms with Gasteiger partial charge in [-0.05, 0) is 49.5 Å². The van der Waals surface area contributed by atoms with Gasteiger partial charge in [-0.1, -0.05) is 24.3 Å². The molecule has 21 heavy (non-hydrogen) atoms. The van der Waals surface area contributed by atoms with Gasteiger partial charge in [0, 0.05) is 24.3 Å². The standard InChI is InChI=1S/C17H21N3O/c1-20(2)12-11-19-17(21)15-5-3-13(4-6-15)14-7-9-16(18)10-8-14/h3-10H,11-12,18H2,1-2H3,(H,19,21). The highest BCUT2D eigenvalue weighted by Crippen LogP contribution is 2.20. The highest BCUT2D eigenvalue weighted by Gasteiger charge is 2.05. The van der Waals surface area contributed by atoms with Gasteiger partial charge < -0.3 is 16.0 Å². The molecule has 0 atom stereocenters. The molecule has 1 amide bonds. The van der Waals surface area contributed by atoms with Crippen molar-refractivity contribution in [2.24, 2.45) is 0 Å². The van der Waals surface area contributed by atoms with Crippen LogP contribution in [-0.4, -0.2) is 38.0 Å². The largest absolute Gasteiger partial charge is 0.399 e. The third-order valence-electron chi connectivity index (χ3n) is 3.24. The second-order valence-electron chi connectivity index (χ2n) is 5.26. The minimum Gasteiger partial charge on any atom is -0.399 e. The molecule has 3 N–H and O–H groups in total. The maximum Gasteiger partial charge on any atom is 0.251 e. The van der Waals surface area contributed by atoms with Crippen molar-refractivity contribution < 1.29 is 4.79 Å². The van der Waals surface area contributed by atoms with Crippen LogP contribution >= 0.6 is 0 Å². The number of carbonyl (C=O) groups excluding carboxylic acids is 1. The molecule has 0 fully saturated rings. The van der Waals surface area contributed by atoms with Gasteiger partial charge in [-0.15, -0.1) is 0 Å². The summed E-state index contributed by atoms with van der Waals surface area (Å²) in [5.74, 6) is -0.0410. The SMILES string of the molecule is CN(C)CCNC(=O)c1ccc(-c2ccc(N)cc2)cc1. The van der Waals surface area contributed by atoms with Gasteiger partial charge in [0.2, 0.25) is 0 Å². The number of nitrogen functional groups attached to an aromatic ring is 1. The minimum atomic E-state index is -0.0410. The first kappa shape index (κ1) is 15.1. The maximum absolute atomic E-state index is 12.0. The average molecular weight is 283 g/mol. The molecule has 0 saturated heterocycles. The van der Waals surface area contributed by atoms with Crippen LogP contribution < -0.4 is 11.1 Å². The summed E-state index contributed by atoms with van der Waals surface area (Å²) in [5.41, 5.74) is 9.26. The van der Waals surface area contributed by atoms with Crippen molar-refractivity contribution in [1.82, 2.24) is 10.2 Å². The van der Waals surface area contributed by atoms with Crippen molar-refractivity contribution in [2.45, 2.75) is 0 Å². The molecule has 0 aromatic heterocycles. The predicted octanol–water partition coefficient (Wildman–Crippen LogP) is 2.23. The number of nitrogens with one attached hydrogen (secondary N) is 1. The van der Waals surface area contributed by atoms with Gasteiger partial charge in [-0.3, -0.25) is 4.79 Å². The van der Waals surface area contributed by atoms with Crippen LogP contribution in [0.25, 0.3) is 11.1 Å². The zero-order chi connectivity index (χ0) is 15.2. The van der Waals surface area contributed by atoms with Crippen LogP contribution in [0.1, 0.15) is 10.4 Å². The molecule has 2 rings (SSSR count). The van der Waals surface area contributed by atoms with Gasteiger partial charge in [0.05, 0.1) is 0 Å². The number of nitrogens with two attached hydrogens (primary N) is 1. The summed E-state index contributed by atoms with van der Waals surface area (Å²) >= 11 is 0. The first-order valence-corrected chi connectivity index (χ1v) is 6.95. The zero-order valence-electron chi connectivity index (χ0n) is 12.5. The molecule has 4 heteroatoms. The predicted molar refractivity (Wildman–Crippen MR) is 87.2 cm³/mol. The topological polar surface area (TPSA) is 58.4 Å². The van der Waals surface area contributed by atoms with Crippen LogP contribution in [0.4, 0.5) is 5.69 Å². The molecule has 2 aromatic rings. The number of benzene rings is 2. The lowest BCUT2D eigenvalue weighted by Crippen LogP contribution is -2.31. The molecule has 0 unspecified atom stereocenters. The first-order chi connectivity index (χ1) is 10.1. The fraction of sp³-hybridized carbons (Fsp3) is 0.235. The summed E-state index contributed by atoms with van der Waals surface area (Å²) in [6, 6.07) is 15.3. The summed E-state index contributed by atoms with van der Waals surface area (Å²) < 4.78 is 0. The van der Waals surface area contributed by atoms with Crippen molar-refractivity contribution >= 4 is 11.6 Å².